The lowest BCUT2D eigenvalue weighted by molar-refractivity contribution is -0.154. The number of nitrogens with zero attached hydrogens (tertiary/aromatic N) is 2. The zero-order valence-electron chi connectivity index (χ0n) is 23.3. The van der Waals surface area contributed by atoms with Crippen LogP contribution in [0.2, 0.25) is 5.02 Å². The zero-order valence-corrected chi connectivity index (χ0v) is 25.7. The number of carbonyl (C=O) groups is 3. The van der Waals surface area contributed by atoms with Gasteiger partial charge in [0.1, 0.15) is 18.2 Å². The number of anilines is 1. The van der Waals surface area contributed by atoms with Gasteiger partial charge in [0.25, 0.3) is 5.91 Å². The SMILES string of the molecule is C=CCOC(=O)[C@H]1[C@@H]2OC3(CC2Br)C(C(=O)N(CC=C)c2c(C)cccc2Cl)N([C@@H](CO)Cc2ccccc2)C(=O)[C@H]13. The molecule has 0 saturated carbocycles. The van der Waals surface area contributed by atoms with E-state index in [4.69, 9.17) is 21.1 Å². The number of alkyl halides is 1. The fourth-order valence-electron chi connectivity index (χ4n) is 6.92. The van der Waals surface area contributed by atoms with Crippen molar-refractivity contribution in [2.45, 2.75) is 48.4 Å². The lowest BCUT2D eigenvalue weighted by Gasteiger charge is -2.40. The van der Waals surface area contributed by atoms with Gasteiger partial charge in [-0.1, -0.05) is 88.7 Å². The summed E-state index contributed by atoms with van der Waals surface area (Å²) in [5.74, 6) is -3.31. The van der Waals surface area contributed by atoms with E-state index in [-0.39, 0.29) is 18.0 Å². The van der Waals surface area contributed by atoms with Crippen molar-refractivity contribution in [2.24, 2.45) is 11.8 Å². The number of likely N-dealkylation sites (tertiary alicyclic amines) is 1. The molecule has 0 aromatic heterocycles. The van der Waals surface area contributed by atoms with Gasteiger partial charge in [-0.25, -0.2) is 0 Å². The van der Waals surface area contributed by atoms with Gasteiger partial charge in [0.2, 0.25) is 5.91 Å². The third-order valence-corrected chi connectivity index (χ3v) is 9.68. The minimum absolute atomic E-state index is 0.0127. The van der Waals surface area contributed by atoms with Crippen LogP contribution in [0.1, 0.15) is 17.5 Å². The summed E-state index contributed by atoms with van der Waals surface area (Å²) in [6.45, 7) is 9.04. The third-order valence-electron chi connectivity index (χ3n) is 8.53. The van der Waals surface area contributed by atoms with Crippen molar-refractivity contribution < 1.29 is 29.0 Å². The van der Waals surface area contributed by atoms with Gasteiger partial charge >= 0.3 is 5.97 Å². The van der Waals surface area contributed by atoms with Gasteiger partial charge in [0.05, 0.1) is 41.3 Å². The highest BCUT2D eigenvalue weighted by atomic mass is 79.9. The first-order valence-electron chi connectivity index (χ1n) is 13.9. The Hall–Kier alpha value is -2.98. The minimum atomic E-state index is -1.33. The number of rotatable bonds is 11. The Bertz CT molecular complexity index is 1370. The summed E-state index contributed by atoms with van der Waals surface area (Å²) in [6.07, 6.45) is 3.02. The van der Waals surface area contributed by atoms with Crippen molar-refractivity contribution in [3.63, 3.8) is 0 Å². The highest BCUT2D eigenvalue weighted by molar-refractivity contribution is 9.09. The first-order valence-corrected chi connectivity index (χ1v) is 15.2. The lowest BCUT2D eigenvalue weighted by Crippen LogP contribution is -2.59. The maximum atomic E-state index is 14.9. The monoisotopic (exact) mass is 656 g/mol. The molecule has 42 heavy (non-hydrogen) atoms. The van der Waals surface area contributed by atoms with Crippen LogP contribution in [0, 0.1) is 18.8 Å². The van der Waals surface area contributed by atoms with Crippen LogP contribution in [0.15, 0.2) is 73.8 Å². The van der Waals surface area contributed by atoms with Crippen LogP contribution in [0.4, 0.5) is 5.69 Å². The van der Waals surface area contributed by atoms with Crippen LogP contribution in [0.3, 0.4) is 0 Å². The van der Waals surface area contributed by atoms with E-state index in [1.54, 1.807) is 18.2 Å². The number of fused-ring (bicyclic) bond motifs is 1. The van der Waals surface area contributed by atoms with Crippen molar-refractivity contribution in [3.8, 4) is 0 Å². The number of aliphatic hydroxyl groups excluding tert-OH is 1. The second-order valence-electron chi connectivity index (χ2n) is 11.0. The number of ether oxygens (including phenoxy) is 2. The maximum absolute atomic E-state index is 14.9. The molecule has 0 aliphatic carbocycles. The molecule has 2 aromatic rings. The summed E-state index contributed by atoms with van der Waals surface area (Å²) >= 11 is 10.3. The number of para-hydroxylation sites is 1. The number of amides is 2. The zero-order chi connectivity index (χ0) is 30.2. The molecule has 2 aromatic carbocycles. The Morgan fingerprint density at radius 1 is 1.24 bits per heavy atom. The Morgan fingerprint density at radius 2 is 1.98 bits per heavy atom. The number of aryl methyl sites for hydroxylation is 1. The first kappa shape index (κ1) is 30.5. The van der Waals surface area contributed by atoms with E-state index in [1.165, 1.54) is 15.9 Å². The van der Waals surface area contributed by atoms with Gasteiger partial charge in [-0.05, 0) is 37.0 Å². The summed E-state index contributed by atoms with van der Waals surface area (Å²) < 4.78 is 12.0. The van der Waals surface area contributed by atoms with Crippen LogP contribution in [0.5, 0.6) is 0 Å². The van der Waals surface area contributed by atoms with E-state index in [1.807, 2.05) is 43.3 Å². The number of aliphatic hydroxyl groups is 1. The summed E-state index contributed by atoms with van der Waals surface area (Å²) in [4.78, 5) is 45.4. The normalized spacial score (nSPS) is 28.3. The van der Waals surface area contributed by atoms with E-state index in [2.05, 4.69) is 29.1 Å². The van der Waals surface area contributed by atoms with E-state index >= 15 is 0 Å². The number of hydrogen-bond donors (Lipinski definition) is 1. The maximum Gasteiger partial charge on any atom is 0.312 e. The molecule has 3 aliphatic heterocycles. The van der Waals surface area contributed by atoms with Crippen molar-refractivity contribution in [1.82, 2.24) is 4.90 Å². The van der Waals surface area contributed by atoms with Gasteiger partial charge in [-0.2, -0.15) is 0 Å². The number of halogens is 2. The Labute approximate surface area is 259 Å². The Kier molecular flexibility index (Phi) is 8.94. The topological polar surface area (TPSA) is 96.4 Å². The molecule has 3 aliphatic rings. The molecule has 5 rings (SSSR count). The Balaban J connectivity index is 1.65. The molecular formula is C32H34BrClN2O6. The smallest absolute Gasteiger partial charge is 0.312 e. The third kappa shape index (κ3) is 5.00. The summed E-state index contributed by atoms with van der Waals surface area (Å²) in [5.41, 5.74) is 0.834. The predicted octanol–water partition coefficient (Wildman–Crippen LogP) is 4.25. The van der Waals surface area contributed by atoms with Crippen LogP contribution >= 0.6 is 27.5 Å². The second-order valence-corrected chi connectivity index (χ2v) is 12.6. The van der Waals surface area contributed by atoms with Gasteiger partial charge in [-0.3, -0.25) is 14.4 Å². The molecule has 3 unspecified atom stereocenters. The number of carbonyl (C=O) groups excluding carboxylic acids is 3. The standard InChI is InChI=1S/C32H34BrClN2O6/c1-4-14-35(26-19(3)10-9-13-23(26)34)30(39)28-32-17-22(33)27(42-32)24(31(40)41-15-5-2)25(32)29(38)36(28)21(18-37)16-20-11-7-6-8-12-20/h4-13,21-22,24-25,27-28,37H,1-2,14-18H2,3H3/t21-,22?,24-,25+,27-,28?,32?/m1/s1. The van der Waals surface area contributed by atoms with E-state index in [0.29, 0.717) is 23.6 Å². The summed E-state index contributed by atoms with van der Waals surface area (Å²) in [7, 11) is 0. The lowest BCUT2D eigenvalue weighted by atomic mass is 9.70. The Morgan fingerprint density at radius 3 is 2.62 bits per heavy atom. The fraction of sp³-hybridized carbons (Fsp3) is 0.406. The average molecular weight is 658 g/mol. The van der Waals surface area contributed by atoms with Crippen molar-refractivity contribution in [1.29, 1.82) is 0 Å². The minimum Gasteiger partial charge on any atom is -0.461 e. The summed E-state index contributed by atoms with van der Waals surface area (Å²) in [6, 6.07) is 12.9. The number of esters is 1. The highest BCUT2D eigenvalue weighted by Crippen LogP contribution is 2.61. The molecule has 222 valence electrons. The van der Waals surface area contributed by atoms with Crippen LogP contribution < -0.4 is 4.90 Å². The molecular weight excluding hydrogens is 624 g/mol. The van der Waals surface area contributed by atoms with Crippen LogP contribution in [0.25, 0.3) is 0 Å². The van der Waals surface area contributed by atoms with Crippen molar-refractivity contribution >= 4 is 51.0 Å². The van der Waals surface area contributed by atoms with Crippen LogP contribution in [-0.4, -0.2) is 76.2 Å². The van der Waals surface area contributed by atoms with E-state index in [0.717, 1.165) is 11.1 Å². The molecule has 10 heteroatoms. The van der Waals surface area contributed by atoms with E-state index in [9.17, 15) is 19.5 Å². The van der Waals surface area contributed by atoms with E-state index < -0.39 is 60.0 Å². The highest BCUT2D eigenvalue weighted by Gasteiger charge is 2.77. The average Bonchev–Trinajstić information content (AvgIpc) is 3.57. The first-order chi connectivity index (χ1) is 20.2. The molecule has 8 nitrogen and oxygen atoms in total. The molecule has 3 fully saturated rings. The molecule has 1 spiro atoms. The second kappa shape index (κ2) is 12.3. The predicted molar refractivity (Wildman–Crippen MR) is 163 cm³/mol. The summed E-state index contributed by atoms with van der Waals surface area (Å²) in [5, 5.41) is 11.1. The van der Waals surface area contributed by atoms with Crippen molar-refractivity contribution in [2.75, 3.05) is 24.7 Å². The molecule has 3 heterocycles. The van der Waals surface area contributed by atoms with Crippen LogP contribution in [-0.2, 0) is 30.3 Å². The molecule has 0 radical (unpaired) electrons. The molecule has 3 saturated heterocycles. The molecule has 2 amide bonds. The quantitative estimate of drug-likeness (QED) is 0.221. The molecule has 2 bridgehead atoms. The van der Waals surface area contributed by atoms with Crippen molar-refractivity contribution in [3.05, 3.63) is 90.0 Å². The number of benzene rings is 2. The largest absolute Gasteiger partial charge is 0.461 e. The molecule has 1 N–H and O–H groups in total. The number of hydrogen-bond acceptors (Lipinski definition) is 6. The molecule has 7 atom stereocenters. The van der Waals surface area contributed by atoms with Gasteiger partial charge in [0, 0.05) is 11.4 Å². The van der Waals surface area contributed by atoms with Gasteiger partial charge in [0.15, 0.2) is 0 Å². The fourth-order valence-corrected chi connectivity index (χ4v) is 8.18. The van der Waals surface area contributed by atoms with Gasteiger partial charge in [-0.15, -0.1) is 6.58 Å². The van der Waals surface area contributed by atoms with Gasteiger partial charge < -0.3 is 24.4 Å².